The van der Waals surface area contributed by atoms with E-state index < -0.39 is 12.1 Å². The monoisotopic (exact) mass is 419 g/mol. The zero-order chi connectivity index (χ0) is 21.0. The third-order valence-electron chi connectivity index (χ3n) is 4.31. The van der Waals surface area contributed by atoms with Crippen LogP contribution in [-0.2, 0) is 20.8 Å². The molecular weight excluding hydrogens is 397 g/mol. The van der Waals surface area contributed by atoms with Crippen LogP contribution < -0.4 is 5.32 Å². The number of esters is 1. The van der Waals surface area contributed by atoms with Gasteiger partial charge in [-0.1, -0.05) is 12.1 Å². The molecule has 0 spiro atoms. The Morgan fingerprint density at radius 1 is 1.31 bits per heavy atom. The first kappa shape index (κ1) is 20.9. The highest BCUT2D eigenvalue weighted by molar-refractivity contribution is 7.20. The SMILES string of the molecule is COCCNC(=O)[C@H](C)OC(=O)c1cc2c(C)nn(Cc3ccc(F)cc3)c2s1. The first-order valence-corrected chi connectivity index (χ1v) is 9.89. The van der Waals surface area contributed by atoms with Crippen LogP contribution in [0.4, 0.5) is 4.39 Å². The lowest BCUT2D eigenvalue weighted by molar-refractivity contribution is -0.129. The van der Waals surface area contributed by atoms with E-state index in [4.69, 9.17) is 9.47 Å². The van der Waals surface area contributed by atoms with Gasteiger partial charge in [0.25, 0.3) is 5.91 Å². The molecule has 2 heterocycles. The van der Waals surface area contributed by atoms with E-state index in [1.54, 1.807) is 22.9 Å². The van der Waals surface area contributed by atoms with Crippen LogP contribution in [0.2, 0.25) is 0 Å². The number of methoxy groups -OCH3 is 1. The van der Waals surface area contributed by atoms with Crippen LogP contribution in [0.25, 0.3) is 10.2 Å². The van der Waals surface area contributed by atoms with Crippen molar-refractivity contribution in [3.05, 3.63) is 52.3 Å². The molecule has 1 aromatic carbocycles. The number of aromatic nitrogens is 2. The Kier molecular flexibility index (Phi) is 6.60. The molecule has 7 nitrogen and oxygen atoms in total. The van der Waals surface area contributed by atoms with Crippen molar-refractivity contribution in [2.24, 2.45) is 0 Å². The smallest absolute Gasteiger partial charge is 0.349 e. The second-order valence-corrected chi connectivity index (χ2v) is 7.56. The topological polar surface area (TPSA) is 82.4 Å². The standard InChI is InChI=1S/C20H22FN3O4S/c1-12-16-10-17(20(26)28-13(2)18(25)22-8-9-27-3)29-19(16)24(23-12)11-14-4-6-15(21)7-5-14/h4-7,10,13H,8-9,11H2,1-3H3,(H,22,25)/t13-/m0/s1. The van der Waals surface area contributed by atoms with Gasteiger partial charge in [0.2, 0.25) is 0 Å². The van der Waals surface area contributed by atoms with Crippen molar-refractivity contribution in [1.29, 1.82) is 0 Å². The van der Waals surface area contributed by atoms with Gasteiger partial charge in [-0.25, -0.2) is 9.18 Å². The molecule has 9 heteroatoms. The van der Waals surface area contributed by atoms with Crippen molar-refractivity contribution in [3.63, 3.8) is 0 Å². The summed E-state index contributed by atoms with van der Waals surface area (Å²) in [6.07, 6.45) is -0.915. The van der Waals surface area contributed by atoms with Crippen LogP contribution in [0.5, 0.6) is 0 Å². The molecule has 1 N–H and O–H groups in total. The second-order valence-electron chi connectivity index (χ2n) is 6.53. The molecule has 0 aliphatic rings. The molecule has 2 aromatic heterocycles. The largest absolute Gasteiger partial charge is 0.448 e. The number of halogens is 1. The lowest BCUT2D eigenvalue weighted by Gasteiger charge is -2.12. The van der Waals surface area contributed by atoms with Crippen molar-refractivity contribution in [2.75, 3.05) is 20.3 Å². The Bertz CT molecular complexity index is 1010. The van der Waals surface area contributed by atoms with Gasteiger partial charge in [0.15, 0.2) is 6.10 Å². The molecule has 0 fully saturated rings. The van der Waals surface area contributed by atoms with E-state index in [1.807, 2.05) is 6.92 Å². The molecule has 3 aromatic rings. The van der Waals surface area contributed by atoms with Gasteiger partial charge in [0.1, 0.15) is 15.5 Å². The number of rotatable bonds is 8. The number of carbonyl (C=O) groups excluding carboxylic acids is 2. The van der Waals surface area contributed by atoms with Crippen molar-refractivity contribution in [2.45, 2.75) is 26.5 Å². The lowest BCUT2D eigenvalue weighted by Crippen LogP contribution is -2.37. The van der Waals surface area contributed by atoms with E-state index in [0.29, 0.717) is 24.6 Å². The molecule has 0 saturated heterocycles. The van der Waals surface area contributed by atoms with E-state index in [2.05, 4.69) is 10.4 Å². The van der Waals surface area contributed by atoms with Crippen LogP contribution in [0, 0.1) is 12.7 Å². The van der Waals surface area contributed by atoms with Crippen LogP contribution >= 0.6 is 11.3 Å². The normalized spacial score (nSPS) is 12.1. The number of nitrogens with zero attached hydrogens (tertiary/aromatic N) is 2. The Morgan fingerprint density at radius 3 is 2.72 bits per heavy atom. The molecule has 0 unspecified atom stereocenters. The summed E-state index contributed by atoms with van der Waals surface area (Å²) >= 11 is 1.25. The zero-order valence-electron chi connectivity index (χ0n) is 16.4. The summed E-state index contributed by atoms with van der Waals surface area (Å²) in [5, 5.41) is 7.99. The predicted molar refractivity (Wildman–Crippen MR) is 108 cm³/mol. The maximum Gasteiger partial charge on any atom is 0.349 e. The number of hydrogen-bond donors (Lipinski definition) is 1. The third kappa shape index (κ3) is 4.99. The van der Waals surface area contributed by atoms with Gasteiger partial charge in [-0.3, -0.25) is 9.48 Å². The minimum atomic E-state index is -0.915. The van der Waals surface area contributed by atoms with Gasteiger partial charge >= 0.3 is 5.97 Å². The minimum Gasteiger partial charge on any atom is -0.448 e. The summed E-state index contributed by atoms with van der Waals surface area (Å²) in [6.45, 7) is 4.56. The third-order valence-corrected chi connectivity index (χ3v) is 5.44. The average molecular weight is 419 g/mol. The first-order valence-electron chi connectivity index (χ1n) is 9.08. The maximum absolute atomic E-state index is 13.1. The van der Waals surface area contributed by atoms with Gasteiger partial charge in [-0.2, -0.15) is 5.10 Å². The van der Waals surface area contributed by atoms with Gasteiger partial charge in [0, 0.05) is 19.0 Å². The number of ether oxygens (including phenoxy) is 2. The molecule has 0 aliphatic carbocycles. The number of thiophene rings is 1. The molecule has 0 aliphatic heterocycles. The number of aryl methyl sites for hydroxylation is 1. The van der Waals surface area contributed by atoms with Gasteiger partial charge in [0.05, 0.1) is 18.8 Å². The highest BCUT2D eigenvalue weighted by Crippen LogP contribution is 2.29. The molecule has 1 atom stereocenters. The van der Waals surface area contributed by atoms with E-state index in [0.717, 1.165) is 21.5 Å². The van der Waals surface area contributed by atoms with Crippen LogP contribution in [0.3, 0.4) is 0 Å². The van der Waals surface area contributed by atoms with Crippen LogP contribution in [0.1, 0.15) is 27.9 Å². The summed E-state index contributed by atoms with van der Waals surface area (Å²) in [5.41, 5.74) is 1.68. The zero-order valence-corrected chi connectivity index (χ0v) is 17.2. The number of amides is 1. The number of fused-ring (bicyclic) bond motifs is 1. The molecule has 1 amide bonds. The van der Waals surface area contributed by atoms with E-state index >= 15 is 0 Å². The molecule has 3 rings (SSSR count). The number of hydrogen-bond acceptors (Lipinski definition) is 6. The second kappa shape index (κ2) is 9.15. The van der Waals surface area contributed by atoms with Gasteiger partial charge in [-0.05, 0) is 37.6 Å². The van der Waals surface area contributed by atoms with E-state index in [1.165, 1.54) is 37.5 Å². The summed E-state index contributed by atoms with van der Waals surface area (Å²) in [7, 11) is 1.54. The molecule has 0 radical (unpaired) electrons. The quantitative estimate of drug-likeness (QED) is 0.448. The predicted octanol–water partition coefficient (Wildman–Crippen LogP) is 2.90. The molecule has 154 valence electrons. The minimum absolute atomic E-state index is 0.294. The van der Waals surface area contributed by atoms with Crippen molar-refractivity contribution in [1.82, 2.24) is 15.1 Å². The number of benzene rings is 1. The summed E-state index contributed by atoms with van der Waals surface area (Å²) in [5.74, 6) is -1.24. The van der Waals surface area contributed by atoms with Crippen molar-refractivity contribution in [3.8, 4) is 0 Å². The Morgan fingerprint density at radius 2 is 2.03 bits per heavy atom. The fourth-order valence-corrected chi connectivity index (χ4v) is 3.82. The fraction of sp³-hybridized carbons (Fsp3) is 0.350. The fourth-order valence-electron chi connectivity index (χ4n) is 2.78. The maximum atomic E-state index is 13.1. The average Bonchev–Trinajstić information content (AvgIpc) is 3.25. The Labute approximate surface area is 171 Å². The first-order chi connectivity index (χ1) is 13.9. The molecule has 0 bridgehead atoms. The van der Waals surface area contributed by atoms with Gasteiger partial charge in [-0.15, -0.1) is 11.3 Å². The highest BCUT2D eigenvalue weighted by atomic mass is 32.1. The van der Waals surface area contributed by atoms with Gasteiger partial charge < -0.3 is 14.8 Å². The van der Waals surface area contributed by atoms with Crippen LogP contribution in [-0.4, -0.2) is 48.0 Å². The molecule has 29 heavy (non-hydrogen) atoms. The summed E-state index contributed by atoms with van der Waals surface area (Å²) < 4.78 is 25.1. The van der Waals surface area contributed by atoms with E-state index in [9.17, 15) is 14.0 Å². The number of nitrogens with one attached hydrogen (secondary N) is 1. The van der Waals surface area contributed by atoms with Crippen LogP contribution in [0.15, 0.2) is 30.3 Å². The Hall–Kier alpha value is -2.78. The summed E-state index contributed by atoms with van der Waals surface area (Å²) in [6, 6.07) is 7.93. The van der Waals surface area contributed by atoms with Crippen molar-refractivity contribution >= 4 is 33.4 Å². The molecular formula is C20H22FN3O4S. The Balaban J connectivity index is 1.72. The lowest BCUT2D eigenvalue weighted by atomic mass is 10.2. The van der Waals surface area contributed by atoms with E-state index in [-0.39, 0.29) is 11.7 Å². The summed E-state index contributed by atoms with van der Waals surface area (Å²) in [4.78, 5) is 25.7. The molecule has 0 saturated carbocycles. The number of carbonyl (C=O) groups is 2. The highest BCUT2D eigenvalue weighted by Gasteiger charge is 2.22. The van der Waals surface area contributed by atoms with Crippen molar-refractivity contribution < 1.29 is 23.5 Å².